The summed E-state index contributed by atoms with van der Waals surface area (Å²) in [5, 5.41) is 0. The molecule has 0 fully saturated rings. The van der Waals surface area contributed by atoms with Gasteiger partial charge in [0.15, 0.2) is 0 Å². The molecule has 0 rings (SSSR count). The highest BCUT2D eigenvalue weighted by Gasteiger charge is 2.02. The molecule has 0 aliphatic rings. The lowest BCUT2D eigenvalue weighted by atomic mass is 10.1. The lowest BCUT2D eigenvalue weighted by Crippen LogP contribution is -2.10. The Kier molecular flexibility index (Phi) is 7.04. The minimum Gasteiger partial charge on any atom is -0.379 e. The predicted octanol–water partition coefficient (Wildman–Crippen LogP) is 2.99. The van der Waals surface area contributed by atoms with Crippen molar-refractivity contribution >= 4 is 0 Å². The first-order chi connectivity index (χ1) is 4.85. The fourth-order valence-corrected chi connectivity index (χ4v) is 1.07. The molecule has 0 saturated carbocycles. The molecule has 0 aromatic rings. The van der Waals surface area contributed by atoms with Crippen LogP contribution in [-0.4, -0.2) is 12.7 Å². The Morgan fingerprint density at radius 3 is 2.30 bits per heavy atom. The number of rotatable bonds is 6. The highest BCUT2D eigenvalue weighted by molar-refractivity contribution is 4.53. The maximum Gasteiger partial charge on any atom is 0.0572 e. The van der Waals surface area contributed by atoms with Crippen molar-refractivity contribution in [3.63, 3.8) is 0 Å². The van der Waals surface area contributed by atoms with Gasteiger partial charge in [-0.15, -0.1) is 0 Å². The molecule has 0 N–H and O–H groups in total. The normalized spacial score (nSPS) is 13.5. The van der Waals surface area contributed by atoms with Crippen LogP contribution in [-0.2, 0) is 4.74 Å². The molecule has 0 radical (unpaired) electrons. The second kappa shape index (κ2) is 7.07. The van der Waals surface area contributed by atoms with Crippen LogP contribution in [0.1, 0.15) is 46.5 Å². The van der Waals surface area contributed by atoms with E-state index in [9.17, 15) is 0 Å². The van der Waals surface area contributed by atoms with E-state index in [0.29, 0.717) is 6.10 Å². The molecule has 0 aromatic heterocycles. The van der Waals surface area contributed by atoms with Gasteiger partial charge in [0.2, 0.25) is 0 Å². The molecule has 1 atom stereocenters. The lowest BCUT2D eigenvalue weighted by Gasteiger charge is -2.13. The molecule has 0 heterocycles. The zero-order valence-electron chi connectivity index (χ0n) is 7.52. The smallest absolute Gasteiger partial charge is 0.0572 e. The summed E-state index contributed by atoms with van der Waals surface area (Å²) < 4.78 is 5.49. The summed E-state index contributed by atoms with van der Waals surface area (Å²) in [5.74, 6) is 0. The SMILES string of the molecule is CCCCC(CC)OCC. The number of hydrogen-bond donors (Lipinski definition) is 0. The van der Waals surface area contributed by atoms with E-state index >= 15 is 0 Å². The summed E-state index contributed by atoms with van der Waals surface area (Å²) >= 11 is 0. The van der Waals surface area contributed by atoms with Gasteiger partial charge in [-0.05, 0) is 19.8 Å². The average molecular weight is 144 g/mol. The Balaban J connectivity index is 3.21. The van der Waals surface area contributed by atoms with E-state index in [-0.39, 0.29) is 0 Å². The Hall–Kier alpha value is -0.0400. The van der Waals surface area contributed by atoms with Crippen LogP contribution in [0.15, 0.2) is 0 Å². The summed E-state index contributed by atoms with van der Waals surface area (Å²) in [4.78, 5) is 0. The molecule has 1 unspecified atom stereocenters. The molecular weight excluding hydrogens is 124 g/mol. The quantitative estimate of drug-likeness (QED) is 0.557. The van der Waals surface area contributed by atoms with E-state index in [2.05, 4.69) is 20.8 Å². The zero-order chi connectivity index (χ0) is 7.82. The molecule has 0 spiro atoms. The molecule has 0 saturated heterocycles. The second-order valence-electron chi connectivity index (χ2n) is 2.63. The van der Waals surface area contributed by atoms with Crippen molar-refractivity contribution in [1.29, 1.82) is 0 Å². The average Bonchev–Trinajstić information content (AvgIpc) is 1.98. The highest BCUT2D eigenvalue weighted by Crippen LogP contribution is 2.07. The van der Waals surface area contributed by atoms with Gasteiger partial charge in [-0.1, -0.05) is 26.7 Å². The Labute approximate surface area is 64.8 Å². The molecular formula is C9H20O. The molecule has 0 amide bonds. The van der Waals surface area contributed by atoms with Crippen molar-refractivity contribution in [3.05, 3.63) is 0 Å². The predicted molar refractivity (Wildman–Crippen MR) is 45.2 cm³/mol. The van der Waals surface area contributed by atoms with Crippen molar-refractivity contribution < 1.29 is 4.74 Å². The minimum absolute atomic E-state index is 0.518. The van der Waals surface area contributed by atoms with E-state index in [4.69, 9.17) is 4.74 Å². The summed E-state index contributed by atoms with van der Waals surface area (Å²) in [6, 6.07) is 0. The number of ether oxygens (including phenoxy) is 1. The molecule has 0 aromatic carbocycles. The van der Waals surface area contributed by atoms with Gasteiger partial charge in [0.05, 0.1) is 6.10 Å². The van der Waals surface area contributed by atoms with Crippen molar-refractivity contribution in [2.75, 3.05) is 6.61 Å². The fraction of sp³-hybridized carbons (Fsp3) is 1.00. The molecule has 0 aliphatic carbocycles. The summed E-state index contributed by atoms with van der Waals surface area (Å²) in [6.45, 7) is 7.34. The second-order valence-corrected chi connectivity index (χ2v) is 2.63. The first-order valence-corrected chi connectivity index (χ1v) is 4.46. The van der Waals surface area contributed by atoms with Gasteiger partial charge >= 0.3 is 0 Å². The molecule has 62 valence electrons. The van der Waals surface area contributed by atoms with Gasteiger partial charge in [-0.3, -0.25) is 0 Å². The van der Waals surface area contributed by atoms with Gasteiger partial charge < -0.3 is 4.74 Å². The third-order valence-electron chi connectivity index (χ3n) is 1.74. The van der Waals surface area contributed by atoms with Crippen LogP contribution >= 0.6 is 0 Å². The largest absolute Gasteiger partial charge is 0.379 e. The lowest BCUT2D eigenvalue weighted by molar-refractivity contribution is 0.0527. The minimum atomic E-state index is 0.518. The van der Waals surface area contributed by atoms with Gasteiger partial charge in [-0.25, -0.2) is 0 Å². The molecule has 1 nitrogen and oxygen atoms in total. The van der Waals surface area contributed by atoms with Crippen LogP contribution in [0.25, 0.3) is 0 Å². The summed E-state index contributed by atoms with van der Waals surface area (Å²) in [5.41, 5.74) is 0. The van der Waals surface area contributed by atoms with E-state index in [1.807, 2.05) is 0 Å². The van der Waals surface area contributed by atoms with Gasteiger partial charge in [0.25, 0.3) is 0 Å². The fourth-order valence-electron chi connectivity index (χ4n) is 1.07. The highest BCUT2D eigenvalue weighted by atomic mass is 16.5. The first kappa shape index (κ1) is 9.96. The number of unbranched alkanes of at least 4 members (excludes halogenated alkanes) is 1. The van der Waals surface area contributed by atoms with Crippen LogP contribution in [0, 0.1) is 0 Å². The Morgan fingerprint density at radius 1 is 1.20 bits per heavy atom. The van der Waals surface area contributed by atoms with Crippen molar-refractivity contribution in [3.8, 4) is 0 Å². The zero-order valence-corrected chi connectivity index (χ0v) is 7.52. The van der Waals surface area contributed by atoms with E-state index < -0.39 is 0 Å². The van der Waals surface area contributed by atoms with E-state index in [0.717, 1.165) is 13.0 Å². The molecule has 0 bridgehead atoms. The Bertz CT molecular complexity index is 61.7. The first-order valence-electron chi connectivity index (χ1n) is 4.46. The van der Waals surface area contributed by atoms with Gasteiger partial charge in [0, 0.05) is 6.61 Å². The third kappa shape index (κ3) is 4.80. The van der Waals surface area contributed by atoms with E-state index in [1.165, 1.54) is 19.3 Å². The molecule has 1 heteroatoms. The van der Waals surface area contributed by atoms with Crippen LogP contribution in [0.4, 0.5) is 0 Å². The van der Waals surface area contributed by atoms with Crippen molar-refractivity contribution in [2.45, 2.75) is 52.6 Å². The van der Waals surface area contributed by atoms with Crippen LogP contribution in [0.5, 0.6) is 0 Å². The van der Waals surface area contributed by atoms with Crippen molar-refractivity contribution in [2.24, 2.45) is 0 Å². The number of hydrogen-bond acceptors (Lipinski definition) is 1. The third-order valence-corrected chi connectivity index (χ3v) is 1.74. The van der Waals surface area contributed by atoms with Gasteiger partial charge in [0.1, 0.15) is 0 Å². The topological polar surface area (TPSA) is 9.23 Å². The standard InChI is InChI=1S/C9H20O/c1-4-7-8-9(5-2)10-6-3/h9H,4-8H2,1-3H3. The van der Waals surface area contributed by atoms with Crippen molar-refractivity contribution in [1.82, 2.24) is 0 Å². The summed E-state index contributed by atoms with van der Waals surface area (Å²) in [7, 11) is 0. The maximum absolute atomic E-state index is 5.49. The summed E-state index contributed by atoms with van der Waals surface area (Å²) in [6.07, 6.45) is 5.50. The van der Waals surface area contributed by atoms with Gasteiger partial charge in [-0.2, -0.15) is 0 Å². The Morgan fingerprint density at radius 2 is 1.90 bits per heavy atom. The van der Waals surface area contributed by atoms with Crippen LogP contribution in [0.3, 0.4) is 0 Å². The monoisotopic (exact) mass is 144 g/mol. The van der Waals surface area contributed by atoms with Crippen LogP contribution in [0.2, 0.25) is 0 Å². The van der Waals surface area contributed by atoms with E-state index in [1.54, 1.807) is 0 Å². The molecule has 10 heavy (non-hydrogen) atoms. The molecule has 0 aliphatic heterocycles. The maximum atomic E-state index is 5.49. The van der Waals surface area contributed by atoms with Crippen LogP contribution < -0.4 is 0 Å².